The van der Waals surface area contributed by atoms with Crippen molar-refractivity contribution in [2.75, 3.05) is 13.6 Å². The summed E-state index contributed by atoms with van der Waals surface area (Å²) in [7, 11) is 1.62. The molecule has 18 atom stereocenters. The van der Waals surface area contributed by atoms with Crippen LogP contribution in [0.25, 0.3) is 0 Å². The van der Waals surface area contributed by atoms with Gasteiger partial charge in [-0.25, -0.2) is 4.79 Å². The lowest BCUT2D eigenvalue weighted by molar-refractivity contribution is -0.333. The summed E-state index contributed by atoms with van der Waals surface area (Å²) in [5, 5.41) is 123. The molecule has 2 rings (SSSR count). The summed E-state index contributed by atoms with van der Waals surface area (Å²) in [6.45, 7) is 13.0. The molecule has 2 heterocycles. The maximum Gasteiger partial charge on any atom is 0.334 e. The van der Waals surface area contributed by atoms with E-state index in [9.17, 15) is 70.6 Å². The minimum Gasteiger partial charge on any atom is -0.481 e. The highest BCUT2D eigenvalue weighted by Gasteiger charge is 2.50. The van der Waals surface area contributed by atoms with Crippen LogP contribution in [-0.4, -0.2) is 173 Å². The zero-order valence-electron chi connectivity index (χ0n) is 46.1. The molecule has 14 N–H and O–H groups in total. The molecule has 0 radical (unpaired) electrons. The maximum absolute atomic E-state index is 13.6. The highest BCUT2D eigenvalue weighted by atomic mass is 16.7. The van der Waals surface area contributed by atoms with Crippen molar-refractivity contribution >= 4 is 23.9 Å². The molecule has 20 heteroatoms. The van der Waals surface area contributed by atoms with Crippen LogP contribution in [-0.2, 0) is 28.6 Å². The lowest BCUT2D eigenvalue weighted by Crippen LogP contribution is -2.59. The number of rotatable bonds is 12. The van der Waals surface area contributed by atoms with Crippen LogP contribution < -0.4 is 11.1 Å². The van der Waals surface area contributed by atoms with Gasteiger partial charge in [-0.3, -0.25) is 14.6 Å². The maximum atomic E-state index is 13.6. The molecule has 1 fully saturated rings. The van der Waals surface area contributed by atoms with Crippen molar-refractivity contribution in [1.82, 2.24) is 5.32 Å². The van der Waals surface area contributed by atoms with Crippen molar-refractivity contribution in [2.24, 2.45) is 40.3 Å². The number of aliphatic hydroxyl groups is 10. The van der Waals surface area contributed by atoms with Gasteiger partial charge in [-0.1, -0.05) is 83.2 Å². The molecule has 2 bridgehead atoms. The highest BCUT2D eigenvalue weighted by Crippen LogP contribution is 2.36. The number of nitrogens with zero attached hydrogens (tertiary/aromatic N) is 1. The number of nitrogens with two attached hydrogens (primary N) is 1. The van der Waals surface area contributed by atoms with Gasteiger partial charge in [-0.05, 0) is 82.6 Å². The van der Waals surface area contributed by atoms with Gasteiger partial charge in [0.25, 0.3) is 0 Å². The number of fused-ring (bicyclic) bond motifs is 2. The molecular weight excluding hydrogens is 987 g/mol. The van der Waals surface area contributed by atoms with Crippen LogP contribution in [0.2, 0.25) is 0 Å². The number of cyclic esters (lactones) is 1. The Kier molecular flexibility index (Phi) is 31.1. The molecule has 18 unspecified atom stereocenters. The van der Waals surface area contributed by atoms with Crippen molar-refractivity contribution in [3.63, 3.8) is 0 Å². The minimum atomic E-state index is -2.48. The topological polar surface area (TPSA) is 352 Å². The van der Waals surface area contributed by atoms with E-state index in [1.165, 1.54) is 0 Å². The van der Waals surface area contributed by atoms with Gasteiger partial charge in [-0.15, -0.1) is 0 Å². The molecule has 0 aromatic rings. The van der Waals surface area contributed by atoms with Crippen molar-refractivity contribution in [1.29, 1.82) is 0 Å². The van der Waals surface area contributed by atoms with Gasteiger partial charge in [0.05, 0.1) is 54.9 Å². The number of nitrogens with one attached hydrogen (secondary N) is 1. The number of hydrogen-bond acceptors (Lipinski definition) is 17. The van der Waals surface area contributed by atoms with E-state index in [0.29, 0.717) is 23.7 Å². The van der Waals surface area contributed by atoms with Gasteiger partial charge in [-0.2, -0.15) is 0 Å². The molecule has 20 nitrogen and oxygen atoms in total. The molecule has 76 heavy (non-hydrogen) atoms. The second-order valence-electron chi connectivity index (χ2n) is 21.6. The van der Waals surface area contributed by atoms with Gasteiger partial charge >= 0.3 is 17.9 Å². The van der Waals surface area contributed by atoms with E-state index in [-0.39, 0.29) is 63.2 Å². The van der Waals surface area contributed by atoms with E-state index < -0.39 is 128 Å². The summed E-state index contributed by atoms with van der Waals surface area (Å²) >= 11 is 0. The van der Waals surface area contributed by atoms with Crippen molar-refractivity contribution in [3.05, 3.63) is 59.8 Å². The number of carbonyl (C=O) groups excluding carboxylic acids is 2. The first kappa shape index (κ1) is 68.0. The van der Waals surface area contributed by atoms with E-state index in [1.54, 1.807) is 72.0 Å². The number of carbonyl (C=O) groups is 3. The number of guanidine groups is 1. The Morgan fingerprint density at radius 1 is 0.816 bits per heavy atom. The fraction of sp³-hybridized carbons (Fsp3) is 0.750. The number of hydrogen-bond donors (Lipinski definition) is 13. The lowest BCUT2D eigenvalue weighted by atomic mass is 9.84. The summed E-state index contributed by atoms with van der Waals surface area (Å²) in [5.74, 6) is -7.34. The number of esters is 2. The monoisotopic (exact) mass is 1080 g/mol. The fourth-order valence-electron chi connectivity index (χ4n) is 9.44. The van der Waals surface area contributed by atoms with Gasteiger partial charge < -0.3 is 81.4 Å². The van der Waals surface area contributed by atoms with Gasteiger partial charge in [0, 0.05) is 75.4 Å². The normalized spacial score (nSPS) is 35.8. The molecular formula is C56H95N3O17. The van der Waals surface area contributed by atoms with Crippen LogP contribution in [0.5, 0.6) is 0 Å². The second kappa shape index (κ2) is 34.7. The first-order valence-electron chi connectivity index (χ1n) is 27.1. The predicted octanol–water partition coefficient (Wildman–Crippen LogP) is 3.37. The summed E-state index contributed by atoms with van der Waals surface area (Å²) < 4.78 is 17.4. The summed E-state index contributed by atoms with van der Waals surface area (Å²) in [6, 6.07) is 0. The molecule has 0 spiro atoms. The van der Waals surface area contributed by atoms with E-state index in [2.05, 4.69) is 22.5 Å². The zero-order valence-corrected chi connectivity index (χ0v) is 46.1. The third-order valence-electron chi connectivity index (χ3n) is 14.8. The van der Waals surface area contributed by atoms with Crippen LogP contribution in [0, 0.1) is 29.6 Å². The first-order valence-corrected chi connectivity index (χ1v) is 27.1. The third-order valence-corrected chi connectivity index (χ3v) is 14.8. The number of aliphatic carboxylic acids is 1. The first-order chi connectivity index (χ1) is 35.7. The summed E-state index contributed by atoms with van der Waals surface area (Å²) in [4.78, 5) is 41.4. The SMILES string of the molecule is CN=C(N)NCCC/C=C/CCCC(C)C1OC(=O)C(C)=CC=CC(C)C(O)CC(O)C(C)C(O)CCC(C)C(O)CC2(O)OC(CC(O)CC(OC(=O)CC(=O)O)CC(O)CC(O)C(C)=CC=CC1C)CC(O)C2O. The Balaban J connectivity index is 2.45. The number of carboxylic acid groups (broad SMARTS) is 1. The minimum absolute atomic E-state index is 0.0676. The number of carboxylic acids is 1. The Hall–Kier alpha value is -4.06. The Morgan fingerprint density at radius 2 is 1.43 bits per heavy atom. The van der Waals surface area contributed by atoms with E-state index in [0.717, 1.165) is 32.1 Å². The summed E-state index contributed by atoms with van der Waals surface area (Å²) in [5.41, 5.74) is 6.46. The lowest BCUT2D eigenvalue weighted by Gasteiger charge is -2.45. The van der Waals surface area contributed by atoms with Crippen LogP contribution in [0.4, 0.5) is 0 Å². The molecule has 0 amide bonds. The van der Waals surface area contributed by atoms with Gasteiger partial charge in [0.15, 0.2) is 11.7 Å². The number of ether oxygens (including phenoxy) is 3. The Morgan fingerprint density at radius 3 is 2.08 bits per heavy atom. The molecule has 0 aliphatic carbocycles. The van der Waals surface area contributed by atoms with Crippen LogP contribution >= 0.6 is 0 Å². The molecule has 436 valence electrons. The molecule has 0 aromatic heterocycles. The molecule has 2 aliphatic rings. The number of unbranched alkanes of at least 4 members (excludes halogenated alkanes) is 2. The zero-order chi connectivity index (χ0) is 57.3. The number of aliphatic hydroxyl groups excluding tert-OH is 9. The highest BCUT2D eigenvalue weighted by molar-refractivity contribution is 5.90. The second-order valence-corrected chi connectivity index (χ2v) is 21.6. The van der Waals surface area contributed by atoms with Crippen LogP contribution in [0.1, 0.15) is 145 Å². The van der Waals surface area contributed by atoms with Crippen molar-refractivity contribution in [2.45, 2.75) is 224 Å². The fourth-order valence-corrected chi connectivity index (χ4v) is 9.44. The molecule has 0 saturated carbocycles. The van der Waals surface area contributed by atoms with Crippen molar-refractivity contribution in [3.8, 4) is 0 Å². The van der Waals surface area contributed by atoms with E-state index in [1.807, 2.05) is 19.9 Å². The van der Waals surface area contributed by atoms with Crippen LogP contribution in [0.15, 0.2) is 64.7 Å². The van der Waals surface area contributed by atoms with Gasteiger partial charge in [0.2, 0.25) is 0 Å². The standard InChI is InChI=1S/C56H95N3O17/c1-33-18-15-20-37(5)52(36(4)17-13-11-9-10-12-14-24-59-55(57)58-8)75-54(72)38(6)21-16-19-34(2)46(64)30-47(65)39(7)44(62)23-22-35(3)49(67)32-56(73)53(71)48(66)29-43(76-56)27-40(60)25-42(26-41(61)28-45(33)63)74-51(70)31-50(68)69/h9-10,15-16,18-21,34-37,39-49,52-53,60-67,71,73H,11-14,17,22-32H2,1-8H3,(H,68,69)(H3,57,58,59)/b10-9+,19-16?,20-15?,33-18?,38-21?. The summed E-state index contributed by atoms with van der Waals surface area (Å²) in [6.07, 6.45) is 1.11. The smallest absolute Gasteiger partial charge is 0.334 e. The largest absolute Gasteiger partial charge is 0.481 e. The number of aliphatic imine (C=N–C) groups is 1. The number of allylic oxidation sites excluding steroid dienone is 6. The van der Waals surface area contributed by atoms with E-state index in [4.69, 9.17) is 19.9 Å². The average molecular weight is 1080 g/mol. The van der Waals surface area contributed by atoms with Crippen LogP contribution in [0.3, 0.4) is 0 Å². The quantitative estimate of drug-likeness (QED) is 0.0333. The van der Waals surface area contributed by atoms with E-state index >= 15 is 0 Å². The van der Waals surface area contributed by atoms with Crippen molar-refractivity contribution < 1.29 is 84.8 Å². The average Bonchev–Trinajstić information content (AvgIpc) is 3.34. The Labute approximate surface area is 450 Å². The Bertz CT molecular complexity index is 1930. The molecule has 2 aliphatic heterocycles. The van der Waals surface area contributed by atoms with Gasteiger partial charge in [0.1, 0.15) is 24.7 Å². The molecule has 1 saturated heterocycles. The molecule has 0 aromatic carbocycles. The predicted molar refractivity (Wildman–Crippen MR) is 287 cm³/mol. The third kappa shape index (κ3) is 25.2.